The van der Waals surface area contributed by atoms with Crippen molar-refractivity contribution in [3.8, 4) is 5.75 Å². The first-order valence-corrected chi connectivity index (χ1v) is 6.95. The Hall–Kier alpha value is -2.56. The smallest absolute Gasteiger partial charge is 0.359 e. The number of rotatable bonds is 3. The summed E-state index contributed by atoms with van der Waals surface area (Å²) < 4.78 is 5.40. The van der Waals surface area contributed by atoms with Crippen molar-refractivity contribution in [2.75, 3.05) is 18.8 Å². The van der Waals surface area contributed by atoms with Gasteiger partial charge in [-0.25, -0.2) is 9.78 Å². The molecule has 0 aliphatic carbocycles. The molecule has 0 radical (unpaired) electrons. The zero-order chi connectivity index (χ0) is 14.8. The molecule has 2 heterocycles. The number of carbonyl (C=O) groups is 1. The summed E-state index contributed by atoms with van der Waals surface area (Å²) in [5.74, 6) is 0.545. The third kappa shape index (κ3) is 2.67. The number of ether oxygens (including phenoxy) is 1. The predicted molar refractivity (Wildman–Crippen MR) is 81.7 cm³/mol. The number of esters is 1. The lowest BCUT2D eigenvalue weighted by molar-refractivity contribution is -0.131. The summed E-state index contributed by atoms with van der Waals surface area (Å²) in [6.45, 7) is 5.57. The molecule has 108 valence electrons. The van der Waals surface area contributed by atoms with E-state index < -0.39 is 5.97 Å². The minimum atomic E-state index is -0.404. The zero-order valence-electron chi connectivity index (χ0n) is 11.7. The number of hydrogen-bond donors (Lipinski definition) is 1. The Balaban J connectivity index is 1.78. The van der Waals surface area contributed by atoms with Gasteiger partial charge in [-0.05, 0) is 42.5 Å². The molecule has 2 aromatic rings. The van der Waals surface area contributed by atoms with Gasteiger partial charge in [0.05, 0.1) is 0 Å². The highest BCUT2D eigenvalue weighted by Gasteiger charge is 2.20. The molecule has 21 heavy (non-hydrogen) atoms. The van der Waals surface area contributed by atoms with Gasteiger partial charge in [0.15, 0.2) is 0 Å². The van der Waals surface area contributed by atoms with E-state index in [4.69, 9.17) is 10.5 Å². The summed E-state index contributed by atoms with van der Waals surface area (Å²) in [4.78, 5) is 18.1. The quantitative estimate of drug-likeness (QED) is 0.532. The van der Waals surface area contributed by atoms with Crippen LogP contribution in [0.3, 0.4) is 0 Å². The molecule has 3 rings (SSSR count). The van der Waals surface area contributed by atoms with Gasteiger partial charge in [0, 0.05) is 24.7 Å². The molecule has 1 aliphatic heterocycles. The van der Waals surface area contributed by atoms with Gasteiger partial charge in [0.1, 0.15) is 17.3 Å². The first kappa shape index (κ1) is 13.4. The van der Waals surface area contributed by atoms with Crippen molar-refractivity contribution < 1.29 is 9.53 Å². The Labute approximate surface area is 123 Å². The lowest BCUT2D eigenvalue weighted by Gasteiger charge is -2.18. The normalized spacial score (nSPS) is 14.4. The van der Waals surface area contributed by atoms with Crippen LogP contribution in [0.25, 0.3) is 10.8 Å². The van der Waals surface area contributed by atoms with Crippen molar-refractivity contribution >= 4 is 22.6 Å². The molecule has 1 aromatic carbocycles. The molecular weight excluding hydrogens is 266 g/mol. The lowest BCUT2D eigenvalue weighted by Crippen LogP contribution is -2.26. The molecule has 2 N–H and O–H groups in total. The van der Waals surface area contributed by atoms with E-state index in [0.29, 0.717) is 17.3 Å². The van der Waals surface area contributed by atoms with Crippen LogP contribution in [-0.4, -0.2) is 28.9 Å². The largest absolute Gasteiger partial charge is 0.422 e. The second-order valence-electron chi connectivity index (χ2n) is 5.11. The van der Waals surface area contributed by atoms with Gasteiger partial charge < -0.3 is 15.4 Å². The number of anilines is 1. The number of carbonyl (C=O) groups excluding carboxylic acids is 1. The third-order valence-corrected chi connectivity index (χ3v) is 3.70. The van der Waals surface area contributed by atoms with Crippen LogP contribution in [0.5, 0.6) is 5.75 Å². The number of nitrogens with zero attached hydrogens (tertiary/aromatic N) is 2. The van der Waals surface area contributed by atoms with E-state index in [1.54, 1.807) is 24.4 Å². The molecule has 0 spiro atoms. The molecule has 0 amide bonds. The fourth-order valence-electron chi connectivity index (χ4n) is 2.52. The van der Waals surface area contributed by atoms with E-state index in [1.165, 1.54) is 0 Å². The average molecular weight is 283 g/mol. The van der Waals surface area contributed by atoms with Gasteiger partial charge in [-0.2, -0.15) is 0 Å². The number of nitrogens with two attached hydrogens (primary N) is 1. The van der Waals surface area contributed by atoms with Gasteiger partial charge in [-0.15, -0.1) is 0 Å². The summed E-state index contributed by atoms with van der Waals surface area (Å²) in [6, 6.07) is 7.13. The van der Waals surface area contributed by atoms with Crippen LogP contribution >= 0.6 is 0 Å². The Morgan fingerprint density at radius 2 is 2.05 bits per heavy atom. The Morgan fingerprint density at radius 1 is 1.29 bits per heavy atom. The third-order valence-electron chi connectivity index (χ3n) is 3.70. The fourth-order valence-corrected chi connectivity index (χ4v) is 2.52. The summed E-state index contributed by atoms with van der Waals surface area (Å²) in [5, 5.41) is 1.73. The van der Waals surface area contributed by atoms with Crippen LogP contribution < -0.4 is 10.5 Å². The lowest BCUT2D eigenvalue weighted by atomic mass is 10.1. The second kappa shape index (κ2) is 5.44. The van der Waals surface area contributed by atoms with E-state index in [0.717, 1.165) is 36.7 Å². The minimum absolute atomic E-state index is 0.404. The van der Waals surface area contributed by atoms with E-state index in [-0.39, 0.29) is 0 Å². The van der Waals surface area contributed by atoms with Crippen LogP contribution in [-0.2, 0) is 4.79 Å². The van der Waals surface area contributed by atoms with Crippen molar-refractivity contribution in [2.45, 2.75) is 12.8 Å². The number of likely N-dealkylation sites (tertiary alicyclic amines) is 1. The summed E-state index contributed by atoms with van der Waals surface area (Å²) in [5.41, 5.74) is 6.22. The number of hydrogen-bond acceptors (Lipinski definition) is 5. The number of fused-ring (bicyclic) bond motifs is 1. The molecule has 5 heteroatoms. The van der Waals surface area contributed by atoms with Crippen LogP contribution in [0.2, 0.25) is 0 Å². The van der Waals surface area contributed by atoms with Crippen LogP contribution in [0, 0.1) is 0 Å². The molecular formula is C16H17N3O2. The molecule has 1 fully saturated rings. The SMILES string of the molecule is C=C(C(=O)Oc1ccc2c(N)nccc2c1)N1CCCC1. The van der Waals surface area contributed by atoms with E-state index >= 15 is 0 Å². The minimum Gasteiger partial charge on any atom is -0.422 e. The highest BCUT2D eigenvalue weighted by atomic mass is 16.5. The van der Waals surface area contributed by atoms with Crippen molar-refractivity contribution in [1.82, 2.24) is 9.88 Å². The van der Waals surface area contributed by atoms with Gasteiger partial charge in [-0.3, -0.25) is 0 Å². The van der Waals surface area contributed by atoms with Crippen LogP contribution in [0.1, 0.15) is 12.8 Å². The average Bonchev–Trinajstić information content (AvgIpc) is 3.00. The van der Waals surface area contributed by atoms with Crippen molar-refractivity contribution in [3.63, 3.8) is 0 Å². The van der Waals surface area contributed by atoms with Gasteiger partial charge in [0.25, 0.3) is 0 Å². The topological polar surface area (TPSA) is 68.5 Å². The van der Waals surface area contributed by atoms with Gasteiger partial charge in [0.2, 0.25) is 0 Å². The van der Waals surface area contributed by atoms with Gasteiger partial charge >= 0.3 is 5.97 Å². The zero-order valence-corrected chi connectivity index (χ0v) is 11.7. The molecule has 0 atom stereocenters. The van der Waals surface area contributed by atoms with Crippen LogP contribution in [0.15, 0.2) is 42.7 Å². The summed E-state index contributed by atoms with van der Waals surface area (Å²) in [7, 11) is 0. The molecule has 5 nitrogen and oxygen atoms in total. The van der Waals surface area contributed by atoms with Crippen molar-refractivity contribution in [3.05, 3.63) is 42.7 Å². The maximum atomic E-state index is 12.1. The summed E-state index contributed by atoms with van der Waals surface area (Å²) >= 11 is 0. The highest BCUT2D eigenvalue weighted by molar-refractivity contribution is 5.93. The predicted octanol–water partition coefficient (Wildman–Crippen LogP) is 2.33. The monoisotopic (exact) mass is 283 g/mol. The maximum Gasteiger partial charge on any atom is 0.359 e. The molecule has 0 bridgehead atoms. The van der Waals surface area contributed by atoms with Crippen molar-refractivity contribution in [2.24, 2.45) is 0 Å². The number of aromatic nitrogens is 1. The Morgan fingerprint density at radius 3 is 2.81 bits per heavy atom. The number of pyridine rings is 1. The van der Waals surface area contributed by atoms with E-state index in [9.17, 15) is 4.79 Å². The maximum absolute atomic E-state index is 12.1. The van der Waals surface area contributed by atoms with Crippen molar-refractivity contribution in [1.29, 1.82) is 0 Å². The molecule has 1 saturated heterocycles. The molecule has 1 aliphatic rings. The summed E-state index contributed by atoms with van der Waals surface area (Å²) in [6.07, 6.45) is 3.82. The first-order valence-electron chi connectivity index (χ1n) is 6.95. The van der Waals surface area contributed by atoms with E-state index in [1.807, 2.05) is 11.0 Å². The molecule has 0 saturated carbocycles. The fraction of sp³-hybridized carbons (Fsp3) is 0.250. The van der Waals surface area contributed by atoms with E-state index in [2.05, 4.69) is 11.6 Å². The standard InChI is InChI=1S/C16H17N3O2/c1-11(19-8-2-3-9-19)16(20)21-13-4-5-14-12(10-13)6-7-18-15(14)17/h4-7,10H,1-3,8-9H2,(H2,17,18). The number of nitrogen functional groups attached to an aromatic ring is 1. The Bertz CT molecular complexity index is 706. The van der Waals surface area contributed by atoms with Crippen LogP contribution in [0.4, 0.5) is 5.82 Å². The molecule has 1 aromatic heterocycles. The van der Waals surface area contributed by atoms with Gasteiger partial charge in [-0.1, -0.05) is 6.58 Å². The second-order valence-corrected chi connectivity index (χ2v) is 5.11. The number of benzene rings is 1. The Kier molecular flexibility index (Phi) is 3.48. The highest BCUT2D eigenvalue weighted by Crippen LogP contribution is 2.24. The molecule has 0 unspecified atom stereocenters. The first-order chi connectivity index (χ1) is 10.1.